The lowest BCUT2D eigenvalue weighted by Crippen LogP contribution is -2.34. The van der Waals surface area contributed by atoms with Crippen molar-refractivity contribution in [1.82, 2.24) is 10.3 Å². The topological polar surface area (TPSA) is 24.9 Å². The minimum atomic E-state index is 0.487. The smallest absolute Gasteiger partial charge is 0.0346 e. The zero-order chi connectivity index (χ0) is 13.8. The van der Waals surface area contributed by atoms with E-state index in [0.717, 1.165) is 13.1 Å². The van der Waals surface area contributed by atoms with Crippen molar-refractivity contribution in [3.05, 3.63) is 42.2 Å². The molecule has 1 aliphatic carbocycles. The fraction of sp³-hybridized carbons (Fsp3) is 0.471. The van der Waals surface area contributed by atoms with Gasteiger partial charge in [0.15, 0.2) is 0 Å². The molecule has 0 spiro atoms. The Morgan fingerprint density at radius 3 is 2.85 bits per heavy atom. The number of rotatable bonds is 5. The first kappa shape index (κ1) is 13.9. The molecule has 3 rings (SSSR count). The summed E-state index contributed by atoms with van der Waals surface area (Å²) in [5.41, 5.74) is 1.36. The van der Waals surface area contributed by atoms with E-state index < -0.39 is 0 Å². The Morgan fingerprint density at radius 2 is 2.05 bits per heavy atom. The summed E-state index contributed by atoms with van der Waals surface area (Å²) in [5, 5.41) is 6.16. The fourth-order valence-corrected chi connectivity index (χ4v) is 4.09. The summed E-state index contributed by atoms with van der Waals surface area (Å²) in [6.07, 6.45) is 11.6. The SMILES string of the molecule is CSC1(CNCc2ccc3cnccc3c2)CCCC1. The average molecular weight is 286 g/mol. The van der Waals surface area contributed by atoms with Crippen molar-refractivity contribution in [3.63, 3.8) is 0 Å². The van der Waals surface area contributed by atoms with Crippen LogP contribution in [0.15, 0.2) is 36.7 Å². The van der Waals surface area contributed by atoms with Crippen molar-refractivity contribution in [2.24, 2.45) is 0 Å². The maximum atomic E-state index is 4.16. The monoisotopic (exact) mass is 286 g/mol. The minimum absolute atomic E-state index is 0.487. The van der Waals surface area contributed by atoms with Gasteiger partial charge in [-0.15, -0.1) is 0 Å². The van der Waals surface area contributed by atoms with Crippen LogP contribution in [0.25, 0.3) is 10.8 Å². The molecular formula is C17H22N2S. The Labute approximate surface area is 125 Å². The normalized spacial score (nSPS) is 17.6. The molecule has 20 heavy (non-hydrogen) atoms. The Kier molecular flexibility index (Phi) is 4.27. The van der Waals surface area contributed by atoms with Crippen LogP contribution in [0, 0.1) is 0 Å². The third-order valence-corrected chi connectivity index (χ3v) is 5.85. The van der Waals surface area contributed by atoms with Gasteiger partial charge in [-0.1, -0.05) is 25.0 Å². The van der Waals surface area contributed by atoms with Crippen molar-refractivity contribution in [2.75, 3.05) is 12.8 Å². The van der Waals surface area contributed by atoms with Gasteiger partial charge in [0.1, 0.15) is 0 Å². The zero-order valence-corrected chi connectivity index (χ0v) is 12.9. The molecule has 1 saturated carbocycles. The summed E-state index contributed by atoms with van der Waals surface area (Å²) in [6.45, 7) is 2.09. The van der Waals surface area contributed by atoms with Crippen molar-refractivity contribution < 1.29 is 0 Å². The summed E-state index contributed by atoms with van der Waals surface area (Å²) in [4.78, 5) is 4.16. The van der Waals surface area contributed by atoms with Gasteiger partial charge in [-0.05, 0) is 42.2 Å². The van der Waals surface area contributed by atoms with Gasteiger partial charge in [-0.3, -0.25) is 4.98 Å². The van der Waals surface area contributed by atoms with Gasteiger partial charge in [0.25, 0.3) is 0 Å². The number of aromatic nitrogens is 1. The van der Waals surface area contributed by atoms with Crippen LogP contribution in [-0.2, 0) is 6.54 Å². The second kappa shape index (κ2) is 6.15. The summed E-state index contributed by atoms with van der Waals surface area (Å²) in [6, 6.07) is 8.72. The second-order valence-corrected chi connectivity index (χ2v) is 7.03. The fourth-order valence-electron chi connectivity index (χ4n) is 3.15. The van der Waals surface area contributed by atoms with Gasteiger partial charge >= 0.3 is 0 Å². The van der Waals surface area contributed by atoms with Crippen LogP contribution < -0.4 is 5.32 Å². The molecule has 0 radical (unpaired) electrons. The van der Waals surface area contributed by atoms with Crippen molar-refractivity contribution >= 4 is 22.5 Å². The lowest BCUT2D eigenvalue weighted by Gasteiger charge is -2.27. The van der Waals surface area contributed by atoms with Crippen LogP contribution in [0.2, 0.25) is 0 Å². The van der Waals surface area contributed by atoms with Crippen LogP contribution >= 0.6 is 11.8 Å². The highest BCUT2D eigenvalue weighted by molar-refractivity contribution is 8.00. The van der Waals surface area contributed by atoms with Gasteiger partial charge < -0.3 is 5.32 Å². The Morgan fingerprint density at radius 1 is 1.20 bits per heavy atom. The third kappa shape index (κ3) is 2.99. The number of nitrogens with one attached hydrogen (secondary N) is 1. The average Bonchev–Trinajstić information content (AvgIpc) is 2.96. The van der Waals surface area contributed by atoms with Gasteiger partial charge in [-0.25, -0.2) is 0 Å². The van der Waals surface area contributed by atoms with E-state index >= 15 is 0 Å². The molecule has 2 aromatic rings. The largest absolute Gasteiger partial charge is 0.311 e. The van der Waals surface area contributed by atoms with E-state index in [1.54, 1.807) is 0 Å². The summed E-state index contributed by atoms with van der Waals surface area (Å²) < 4.78 is 0.487. The standard InChI is InChI=1S/C17H22N2S/c1-20-17(7-2-3-8-17)13-19-11-14-4-5-16-12-18-9-6-15(16)10-14/h4-6,9-10,12,19H,2-3,7-8,11,13H2,1H3. The quantitative estimate of drug-likeness (QED) is 0.899. The molecule has 1 heterocycles. The molecule has 0 saturated heterocycles. The first-order chi connectivity index (χ1) is 9.81. The number of thioether (sulfide) groups is 1. The van der Waals surface area contributed by atoms with Crippen molar-refractivity contribution in [1.29, 1.82) is 0 Å². The molecule has 1 fully saturated rings. The lowest BCUT2D eigenvalue weighted by atomic mass is 10.1. The molecule has 3 heteroatoms. The van der Waals surface area contributed by atoms with Crippen LogP contribution in [0.3, 0.4) is 0 Å². The molecule has 0 unspecified atom stereocenters. The van der Waals surface area contributed by atoms with Crippen molar-refractivity contribution in [3.8, 4) is 0 Å². The number of hydrogen-bond acceptors (Lipinski definition) is 3. The maximum absolute atomic E-state index is 4.16. The highest BCUT2D eigenvalue weighted by atomic mass is 32.2. The first-order valence-electron chi connectivity index (χ1n) is 7.40. The van der Waals surface area contributed by atoms with Gasteiger partial charge in [-0.2, -0.15) is 11.8 Å². The number of benzene rings is 1. The highest BCUT2D eigenvalue weighted by Crippen LogP contribution is 2.39. The number of pyridine rings is 1. The van der Waals surface area contributed by atoms with E-state index in [2.05, 4.69) is 40.8 Å². The Balaban J connectivity index is 1.62. The molecule has 0 atom stereocenters. The zero-order valence-electron chi connectivity index (χ0n) is 12.1. The molecule has 1 aromatic carbocycles. The number of fused-ring (bicyclic) bond motifs is 1. The second-order valence-electron chi connectivity index (χ2n) is 5.75. The van der Waals surface area contributed by atoms with E-state index in [1.807, 2.05) is 24.2 Å². The van der Waals surface area contributed by atoms with Crippen LogP contribution in [0.4, 0.5) is 0 Å². The van der Waals surface area contributed by atoms with Crippen LogP contribution in [-0.4, -0.2) is 22.5 Å². The van der Waals surface area contributed by atoms with E-state index in [1.165, 1.54) is 42.0 Å². The molecule has 0 bridgehead atoms. The van der Waals surface area contributed by atoms with Gasteiger partial charge in [0.05, 0.1) is 0 Å². The molecule has 1 aliphatic rings. The van der Waals surface area contributed by atoms with Gasteiger partial charge in [0, 0.05) is 35.6 Å². The van der Waals surface area contributed by atoms with Crippen molar-refractivity contribution in [2.45, 2.75) is 37.0 Å². The Bertz CT molecular complexity index is 576. The van der Waals surface area contributed by atoms with Crippen LogP contribution in [0.5, 0.6) is 0 Å². The predicted molar refractivity (Wildman–Crippen MR) is 88.2 cm³/mol. The molecule has 2 nitrogen and oxygen atoms in total. The summed E-state index contributed by atoms with van der Waals surface area (Å²) >= 11 is 2.05. The highest BCUT2D eigenvalue weighted by Gasteiger charge is 2.32. The molecule has 0 amide bonds. The lowest BCUT2D eigenvalue weighted by molar-refractivity contribution is 0.534. The molecule has 1 aromatic heterocycles. The molecular weight excluding hydrogens is 264 g/mol. The summed E-state index contributed by atoms with van der Waals surface area (Å²) in [5.74, 6) is 0. The first-order valence-corrected chi connectivity index (χ1v) is 8.62. The van der Waals surface area contributed by atoms with Crippen LogP contribution in [0.1, 0.15) is 31.2 Å². The Hall–Kier alpha value is -1.06. The van der Waals surface area contributed by atoms with Gasteiger partial charge in [0.2, 0.25) is 0 Å². The van der Waals surface area contributed by atoms with E-state index in [0.29, 0.717) is 4.75 Å². The summed E-state index contributed by atoms with van der Waals surface area (Å²) in [7, 11) is 0. The number of nitrogens with zero attached hydrogens (tertiary/aromatic N) is 1. The van der Waals surface area contributed by atoms with E-state index in [4.69, 9.17) is 0 Å². The maximum Gasteiger partial charge on any atom is 0.0346 e. The molecule has 106 valence electrons. The number of hydrogen-bond donors (Lipinski definition) is 1. The molecule has 0 aliphatic heterocycles. The minimum Gasteiger partial charge on any atom is -0.311 e. The van der Waals surface area contributed by atoms with E-state index in [9.17, 15) is 0 Å². The molecule has 1 N–H and O–H groups in total. The van der Waals surface area contributed by atoms with E-state index in [-0.39, 0.29) is 0 Å². The predicted octanol–water partition coefficient (Wildman–Crippen LogP) is 4.00. The third-order valence-electron chi connectivity index (χ3n) is 4.43.